The lowest BCUT2D eigenvalue weighted by Crippen LogP contribution is -2.57. The summed E-state index contributed by atoms with van der Waals surface area (Å²) in [6.07, 6.45) is 1.23. The van der Waals surface area contributed by atoms with Crippen molar-refractivity contribution in [2.45, 2.75) is 51.7 Å². The molecule has 4 rings (SSSR count). The summed E-state index contributed by atoms with van der Waals surface area (Å²) in [5.74, 6) is -1.47. The van der Waals surface area contributed by atoms with Crippen molar-refractivity contribution >= 4 is 23.6 Å². The fourth-order valence-corrected chi connectivity index (χ4v) is 4.52. The van der Waals surface area contributed by atoms with Crippen LogP contribution in [0, 0.1) is 11.3 Å². The number of amides is 4. The first kappa shape index (κ1) is 19.7. The standard InChI is InChI=1S/C21H26N4O4/c1-21(2)12(8-15(21)22)10-23-9-11-4-3-5-13-17(11)20(29)25(19(13)28)14-6-7-16(26)24-18(14)27/h3-5,12,14-15,23H,6-10,22H2,1-2H3,(H,24,26,27). The van der Waals surface area contributed by atoms with Crippen LogP contribution in [0.1, 0.15) is 59.4 Å². The molecule has 0 aromatic heterocycles. The molecule has 4 amide bonds. The predicted octanol–water partition coefficient (Wildman–Crippen LogP) is 0.551. The highest BCUT2D eigenvalue weighted by molar-refractivity contribution is 6.24. The molecule has 2 heterocycles. The van der Waals surface area contributed by atoms with Crippen molar-refractivity contribution in [1.82, 2.24) is 15.5 Å². The summed E-state index contributed by atoms with van der Waals surface area (Å²) >= 11 is 0. The lowest BCUT2D eigenvalue weighted by molar-refractivity contribution is -0.136. The van der Waals surface area contributed by atoms with Crippen molar-refractivity contribution in [3.05, 3.63) is 34.9 Å². The Morgan fingerprint density at radius 1 is 1.21 bits per heavy atom. The number of hydrogen-bond acceptors (Lipinski definition) is 6. The van der Waals surface area contributed by atoms with E-state index in [1.54, 1.807) is 12.1 Å². The minimum Gasteiger partial charge on any atom is -0.327 e. The van der Waals surface area contributed by atoms with Gasteiger partial charge in [-0.15, -0.1) is 0 Å². The van der Waals surface area contributed by atoms with E-state index in [9.17, 15) is 19.2 Å². The molecule has 29 heavy (non-hydrogen) atoms. The van der Waals surface area contributed by atoms with E-state index in [2.05, 4.69) is 24.5 Å². The fourth-order valence-electron chi connectivity index (χ4n) is 4.52. The monoisotopic (exact) mass is 398 g/mol. The van der Waals surface area contributed by atoms with Gasteiger partial charge in [0.1, 0.15) is 6.04 Å². The minimum absolute atomic E-state index is 0.0833. The summed E-state index contributed by atoms with van der Waals surface area (Å²) in [6.45, 7) is 5.55. The summed E-state index contributed by atoms with van der Waals surface area (Å²) in [6, 6.07) is 4.44. The molecule has 3 unspecified atom stereocenters. The zero-order chi connectivity index (χ0) is 20.9. The van der Waals surface area contributed by atoms with Gasteiger partial charge in [0.05, 0.1) is 11.1 Å². The van der Waals surface area contributed by atoms with Crippen LogP contribution in [-0.4, -0.2) is 47.2 Å². The van der Waals surface area contributed by atoms with Crippen LogP contribution in [0.2, 0.25) is 0 Å². The van der Waals surface area contributed by atoms with Gasteiger partial charge >= 0.3 is 0 Å². The summed E-state index contributed by atoms with van der Waals surface area (Å²) in [4.78, 5) is 50.5. The number of nitrogens with zero attached hydrogens (tertiary/aromatic N) is 1. The third-order valence-electron chi connectivity index (χ3n) is 6.81. The molecule has 8 heteroatoms. The molecule has 8 nitrogen and oxygen atoms in total. The van der Waals surface area contributed by atoms with Crippen LogP contribution >= 0.6 is 0 Å². The molecule has 154 valence electrons. The van der Waals surface area contributed by atoms with Crippen LogP contribution in [0.15, 0.2) is 18.2 Å². The molecule has 2 aliphatic heterocycles. The Bertz CT molecular complexity index is 910. The van der Waals surface area contributed by atoms with Gasteiger partial charge in [-0.1, -0.05) is 26.0 Å². The molecule has 2 fully saturated rings. The number of carbonyl (C=O) groups is 4. The fraction of sp³-hybridized carbons (Fsp3) is 0.524. The number of fused-ring (bicyclic) bond motifs is 1. The molecule has 1 aromatic carbocycles. The van der Waals surface area contributed by atoms with E-state index in [1.165, 1.54) is 0 Å². The van der Waals surface area contributed by atoms with Gasteiger partial charge in [-0.25, -0.2) is 0 Å². The Balaban J connectivity index is 1.49. The molecule has 1 saturated carbocycles. The van der Waals surface area contributed by atoms with Gasteiger partial charge in [0.2, 0.25) is 11.8 Å². The van der Waals surface area contributed by atoms with Crippen molar-refractivity contribution in [1.29, 1.82) is 0 Å². The predicted molar refractivity (Wildman–Crippen MR) is 105 cm³/mol. The highest BCUT2D eigenvalue weighted by Gasteiger charge is 2.46. The maximum atomic E-state index is 13.1. The van der Waals surface area contributed by atoms with Crippen molar-refractivity contribution < 1.29 is 19.2 Å². The topological polar surface area (TPSA) is 122 Å². The second-order valence-corrected chi connectivity index (χ2v) is 8.78. The lowest BCUT2D eigenvalue weighted by Gasteiger charge is -2.50. The van der Waals surface area contributed by atoms with Gasteiger partial charge < -0.3 is 11.1 Å². The normalized spacial score (nSPS) is 28.2. The Kier molecular flexibility index (Phi) is 4.78. The Morgan fingerprint density at radius 2 is 1.97 bits per heavy atom. The van der Waals surface area contributed by atoms with Gasteiger partial charge in [-0.05, 0) is 42.3 Å². The van der Waals surface area contributed by atoms with Crippen molar-refractivity contribution in [3.8, 4) is 0 Å². The van der Waals surface area contributed by atoms with Crippen molar-refractivity contribution in [3.63, 3.8) is 0 Å². The number of nitrogens with two attached hydrogens (primary N) is 1. The Morgan fingerprint density at radius 3 is 2.62 bits per heavy atom. The van der Waals surface area contributed by atoms with Crippen LogP contribution in [0.4, 0.5) is 0 Å². The molecule has 0 radical (unpaired) electrons. The van der Waals surface area contributed by atoms with E-state index >= 15 is 0 Å². The number of carbonyl (C=O) groups excluding carboxylic acids is 4. The van der Waals surface area contributed by atoms with E-state index in [1.807, 2.05) is 6.07 Å². The van der Waals surface area contributed by atoms with Gasteiger partial charge in [0.25, 0.3) is 11.8 Å². The van der Waals surface area contributed by atoms with Crippen LogP contribution < -0.4 is 16.4 Å². The van der Waals surface area contributed by atoms with E-state index in [-0.39, 0.29) is 30.2 Å². The number of rotatable bonds is 5. The Labute approximate surface area is 169 Å². The minimum atomic E-state index is -0.946. The third kappa shape index (κ3) is 3.16. The number of benzene rings is 1. The largest absolute Gasteiger partial charge is 0.327 e. The molecular weight excluding hydrogens is 372 g/mol. The summed E-state index contributed by atoms with van der Waals surface area (Å²) in [5, 5.41) is 5.61. The number of imide groups is 2. The van der Waals surface area contributed by atoms with Crippen LogP contribution in [0.3, 0.4) is 0 Å². The molecule has 1 saturated heterocycles. The zero-order valence-electron chi connectivity index (χ0n) is 16.7. The van der Waals surface area contributed by atoms with Crippen molar-refractivity contribution in [2.75, 3.05) is 6.54 Å². The van der Waals surface area contributed by atoms with Crippen LogP contribution in [0.5, 0.6) is 0 Å². The summed E-state index contributed by atoms with van der Waals surface area (Å²) in [5.41, 5.74) is 7.55. The van der Waals surface area contributed by atoms with Crippen LogP contribution in [-0.2, 0) is 16.1 Å². The van der Waals surface area contributed by atoms with Crippen molar-refractivity contribution in [2.24, 2.45) is 17.1 Å². The number of hydrogen-bond donors (Lipinski definition) is 3. The maximum Gasteiger partial charge on any atom is 0.262 e. The van der Waals surface area contributed by atoms with E-state index in [4.69, 9.17) is 5.73 Å². The smallest absolute Gasteiger partial charge is 0.262 e. The number of nitrogens with one attached hydrogen (secondary N) is 2. The molecule has 1 aromatic rings. The highest BCUT2D eigenvalue weighted by Crippen LogP contribution is 2.44. The lowest BCUT2D eigenvalue weighted by atomic mass is 9.59. The first-order valence-corrected chi connectivity index (χ1v) is 10.0. The van der Waals surface area contributed by atoms with Gasteiger partial charge in [0.15, 0.2) is 0 Å². The Hall–Kier alpha value is -2.58. The van der Waals surface area contributed by atoms with Gasteiger partial charge in [0, 0.05) is 19.0 Å². The molecule has 3 atom stereocenters. The van der Waals surface area contributed by atoms with Crippen LogP contribution in [0.25, 0.3) is 0 Å². The first-order valence-electron chi connectivity index (χ1n) is 10.0. The number of piperidine rings is 1. The molecule has 3 aliphatic rings. The van der Waals surface area contributed by atoms with E-state index in [0.29, 0.717) is 23.6 Å². The molecular formula is C21H26N4O4. The molecule has 0 bridgehead atoms. The SMILES string of the molecule is CC1(C)C(N)CC1CNCc1cccc2c1C(=O)N(C1CCC(=O)NC1=O)C2=O. The average Bonchev–Trinajstić information content (AvgIpc) is 2.93. The van der Waals surface area contributed by atoms with E-state index in [0.717, 1.165) is 23.4 Å². The second-order valence-electron chi connectivity index (χ2n) is 8.78. The average molecular weight is 398 g/mol. The van der Waals surface area contributed by atoms with Gasteiger partial charge in [-0.2, -0.15) is 0 Å². The summed E-state index contributed by atoms with van der Waals surface area (Å²) < 4.78 is 0. The quantitative estimate of drug-likeness (QED) is 0.623. The third-order valence-corrected chi connectivity index (χ3v) is 6.81. The zero-order valence-corrected chi connectivity index (χ0v) is 16.7. The molecule has 0 spiro atoms. The highest BCUT2D eigenvalue weighted by atomic mass is 16.2. The summed E-state index contributed by atoms with van der Waals surface area (Å²) in [7, 11) is 0. The molecule has 1 aliphatic carbocycles. The van der Waals surface area contributed by atoms with Gasteiger partial charge in [-0.3, -0.25) is 29.4 Å². The molecule has 4 N–H and O–H groups in total. The first-order chi connectivity index (χ1) is 13.7. The van der Waals surface area contributed by atoms with E-state index < -0.39 is 23.8 Å². The maximum absolute atomic E-state index is 13.1. The second kappa shape index (κ2) is 7.03.